The molecule has 0 radical (unpaired) electrons. The molecule has 11 rings (SSSR count). The Morgan fingerprint density at radius 2 is 0.689 bits per heavy atom. The van der Waals surface area contributed by atoms with Crippen molar-refractivity contribution in [3.05, 3.63) is 259 Å². The van der Waals surface area contributed by atoms with E-state index in [2.05, 4.69) is 248 Å². The average molecular weight is 778 g/mol. The van der Waals surface area contributed by atoms with Gasteiger partial charge < -0.3 is 4.90 Å². The van der Waals surface area contributed by atoms with Gasteiger partial charge in [0, 0.05) is 23.0 Å². The topological polar surface area (TPSA) is 3.24 Å². The van der Waals surface area contributed by atoms with Gasteiger partial charge in [0.15, 0.2) is 0 Å². The molecule has 0 saturated heterocycles. The van der Waals surface area contributed by atoms with Gasteiger partial charge in [-0.05, 0) is 132 Å². The first-order valence-electron chi connectivity index (χ1n) is 21.3. The highest BCUT2D eigenvalue weighted by Gasteiger charge is 2.29. The molecule has 0 heterocycles. The Kier molecular flexibility index (Phi) is 9.41. The van der Waals surface area contributed by atoms with Crippen molar-refractivity contribution in [1.29, 1.82) is 0 Å². The number of hydrogen-bond donors (Lipinski definition) is 0. The molecule has 1 aliphatic rings. The van der Waals surface area contributed by atoms with Gasteiger partial charge in [-0.25, -0.2) is 0 Å². The van der Waals surface area contributed by atoms with Crippen LogP contribution in [0.3, 0.4) is 0 Å². The van der Waals surface area contributed by atoms with Gasteiger partial charge in [-0.3, -0.25) is 0 Å². The van der Waals surface area contributed by atoms with Crippen LogP contribution in [0.2, 0.25) is 0 Å². The molecule has 10 aromatic rings. The van der Waals surface area contributed by atoms with Crippen molar-refractivity contribution in [3.8, 4) is 55.6 Å². The molecule has 0 bridgehead atoms. The zero-order valence-corrected chi connectivity index (χ0v) is 33.8. The fourth-order valence-corrected chi connectivity index (χ4v) is 9.45. The predicted molar refractivity (Wildman–Crippen MR) is 258 cm³/mol. The van der Waals surface area contributed by atoms with Crippen molar-refractivity contribution < 1.29 is 0 Å². The fourth-order valence-electron chi connectivity index (χ4n) is 9.45. The molecule has 0 saturated carbocycles. The second-order valence-corrected chi connectivity index (χ2v) is 16.0. The number of anilines is 3. The van der Waals surface area contributed by atoms with Crippen LogP contribution in [-0.4, -0.2) is 0 Å². The van der Waals surface area contributed by atoms with Gasteiger partial charge in [-0.1, -0.05) is 200 Å². The molecule has 10 aromatic carbocycles. The molecule has 288 valence electrons. The summed E-state index contributed by atoms with van der Waals surface area (Å²) in [4.78, 5) is 2.36. The average Bonchev–Trinajstić information content (AvgIpc) is 3.35. The van der Waals surface area contributed by atoms with Crippen LogP contribution in [-0.2, 0) is 6.42 Å². The minimum absolute atomic E-state index is 0.242. The van der Waals surface area contributed by atoms with Gasteiger partial charge in [0.1, 0.15) is 0 Å². The third kappa shape index (κ3) is 6.91. The molecular formula is C60H43N. The Morgan fingerprint density at radius 3 is 1.20 bits per heavy atom. The SMILES string of the molecule is c1ccc(-c2ccc(C3Cc4ccccc4-c4cc(-c5ccc(N(c6ccc(-c7ccccc7)cc6)c6ccc(-c7ccccc7)cc6)cc5)c5ccccc5c43)cc2)cc1. The van der Waals surface area contributed by atoms with Gasteiger partial charge in [0.2, 0.25) is 0 Å². The van der Waals surface area contributed by atoms with E-state index in [1.807, 2.05) is 0 Å². The molecule has 0 fully saturated rings. The third-order valence-corrected chi connectivity index (χ3v) is 12.5. The molecule has 1 nitrogen and oxygen atoms in total. The van der Waals surface area contributed by atoms with Crippen LogP contribution >= 0.6 is 0 Å². The number of hydrogen-bond acceptors (Lipinski definition) is 1. The number of rotatable bonds is 8. The molecule has 1 aliphatic carbocycles. The largest absolute Gasteiger partial charge is 0.311 e. The van der Waals surface area contributed by atoms with Crippen LogP contribution in [0.5, 0.6) is 0 Å². The Bertz CT molecular complexity index is 3010. The molecule has 61 heavy (non-hydrogen) atoms. The van der Waals surface area contributed by atoms with E-state index in [0.29, 0.717) is 0 Å². The molecule has 0 amide bonds. The smallest absolute Gasteiger partial charge is 0.0462 e. The van der Waals surface area contributed by atoms with Crippen LogP contribution in [0.4, 0.5) is 17.1 Å². The highest BCUT2D eigenvalue weighted by atomic mass is 15.1. The summed E-state index contributed by atoms with van der Waals surface area (Å²) in [5, 5.41) is 2.61. The minimum atomic E-state index is 0.242. The van der Waals surface area contributed by atoms with Crippen LogP contribution in [0.15, 0.2) is 243 Å². The lowest BCUT2D eigenvalue weighted by Crippen LogP contribution is -2.13. The van der Waals surface area contributed by atoms with E-state index < -0.39 is 0 Å². The predicted octanol–water partition coefficient (Wildman–Crippen LogP) is 16.3. The van der Waals surface area contributed by atoms with E-state index in [4.69, 9.17) is 0 Å². The van der Waals surface area contributed by atoms with Crippen molar-refractivity contribution in [3.63, 3.8) is 0 Å². The van der Waals surface area contributed by atoms with Crippen molar-refractivity contribution in [1.82, 2.24) is 0 Å². The highest BCUT2D eigenvalue weighted by molar-refractivity contribution is 6.04. The maximum Gasteiger partial charge on any atom is 0.0462 e. The van der Waals surface area contributed by atoms with Crippen molar-refractivity contribution in [2.24, 2.45) is 0 Å². The summed E-state index contributed by atoms with van der Waals surface area (Å²) in [6.45, 7) is 0. The van der Waals surface area contributed by atoms with Crippen LogP contribution in [0.25, 0.3) is 66.4 Å². The Labute approximate surface area is 358 Å². The van der Waals surface area contributed by atoms with E-state index in [-0.39, 0.29) is 5.92 Å². The van der Waals surface area contributed by atoms with Gasteiger partial charge in [-0.2, -0.15) is 0 Å². The fraction of sp³-hybridized carbons (Fsp3) is 0.0333. The van der Waals surface area contributed by atoms with Gasteiger partial charge >= 0.3 is 0 Å². The summed E-state index contributed by atoms with van der Waals surface area (Å²) in [6.07, 6.45) is 0.973. The first-order valence-corrected chi connectivity index (χ1v) is 21.3. The highest BCUT2D eigenvalue weighted by Crippen LogP contribution is 2.49. The third-order valence-electron chi connectivity index (χ3n) is 12.5. The second-order valence-electron chi connectivity index (χ2n) is 16.0. The monoisotopic (exact) mass is 777 g/mol. The number of fused-ring (bicyclic) bond motifs is 5. The Balaban J connectivity index is 1.00. The van der Waals surface area contributed by atoms with E-state index >= 15 is 0 Å². The van der Waals surface area contributed by atoms with Gasteiger partial charge in [0.05, 0.1) is 0 Å². The second kappa shape index (κ2) is 15.8. The lowest BCUT2D eigenvalue weighted by molar-refractivity contribution is 0.801. The molecule has 0 N–H and O–H groups in total. The number of benzene rings is 10. The summed E-state index contributed by atoms with van der Waals surface area (Å²) in [5.41, 5.74) is 19.9. The van der Waals surface area contributed by atoms with Gasteiger partial charge in [0.25, 0.3) is 0 Å². The van der Waals surface area contributed by atoms with Crippen LogP contribution < -0.4 is 4.90 Å². The van der Waals surface area contributed by atoms with E-state index in [1.54, 1.807) is 0 Å². The van der Waals surface area contributed by atoms with E-state index in [9.17, 15) is 0 Å². The van der Waals surface area contributed by atoms with Crippen molar-refractivity contribution >= 4 is 27.8 Å². The maximum atomic E-state index is 2.47. The minimum Gasteiger partial charge on any atom is -0.311 e. The van der Waals surface area contributed by atoms with E-state index in [0.717, 1.165) is 23.5 Å². The standard InChI is InChI=1S/C60H43N/c1-4-14-42(15-5-1)45-24-26-49(27-25-45)58-40-50-20-10-11-21-54(50)59-41-57(55-22-12-13-23-56(55)60(58)59)48-32-38-53(39-33-48)61(51-34-28-46(29-35-51)43-16-6-2-7-17-43)52-36-30-47(31-37-52)44-18-8-3-9-19-44/h1-39,41,58H,40H2. The van der Waals surface area contributed by atoms with Crippen molar-refractivity contribution in [2.75, 3.05) is 4.90 Å². The van der Waals surface area contributed by atoms with Crippen LogP contribution in [0, 0.1) is 0 Å². The summed E-state index contributed by atoms with van der Waals surface area (Å²) < 4.78 is 0. The lowest BCUT2D eigenvalue weighted by atomic mass is 9.72. The molecule has 1 atom stereocenters. The molecule has 0 aromatic heterocycles. The first-order chi connectivity index (χ1) is 30.2. The Morgan fingerprint density at radius 1 is 0.295 bits per heavy atom. The quantitative estimate of drug-likeness (QED) is 0.149. The maximum absolute atomic E-state index is 2.47. The summed E-state index contributed by atoms with van der Waals surface area (Å²) in [7, 11) is 0. The van der Waals surface area contributed by atoms with Gasteiger partial charge in [-0.15, -0.1) is 0 Å². The zero-order chi connectivity index (χ0) is 40.5. The summed E-state index contributed by atoms with van der Waals surface area (Å²) in [6, 6.07) is 88.7. The first kappa shape index (κ1) is 36.3. The zero-order valence-electron chi connectivity index (χ0n) is 33.8. The molecule has 1 unspecified atom stereocenters. The van der Waals surface area contributed by atoms with E-state index in [1.165, 1.54) is 83.1 Å². The summed E-state index contributed by atoms with van der Waals surface area (Å²) in [5.74, 6) is 0.242. The molecular weight excluding hydrogens is 735 g/mol. The molecule has 0 aliphatic heterocycles. The lowest BCUT2D eigenvalue weighted by Gasteiger charge is -2.31. The van der Waals surface area contributed by atoms with Crippen LogP contribution in [0.1, 0.15) is 22.6 Å². The molecule has 0 spiro atoms. The normalized spacial score (nSPS) is 13.0. The summed E-state index contributed by atoms with van der Waals surface area (Å²) >= 11 is 0. The Hall–Kier alpha value is -7.74. The number of nitrogens with zero attached hydrogens (tertiary/aromatic N) is 1. The van der Waals surface area contributed by atoms with Crippen molar-refractivity contribution in [2.45, 2.75) is 12.3 Å². The molecule has 1 heteroatoms.